The lowest BCUT2D eigenvalue weighted by molar-refractivity contribution is 0.486. The van der Waals surface area contributed by atoms with Crippen LogP contribution in [0.4, 0.5) is 13.2 Å². The summed E-state index contributed by atoms with van der Waals surface area (Å²) in [5.41, 5.74) is 0.0509. The Morgan fingerprint density at radius 1 is 1.25 bits per heavy atom. The van der Waals surface area contributed by atoms with E-state index in [2.05, 4.69) is 0 Å². The van der Waals surface area contributed by atoms with Gasteiger partial charge in [0, 0.05) is 6.07 Å². The quantitative estimate of drug-likeness (QED) is 0.603. The average Bonchev–Trinajstić information content (AvgIpc) is 2.00. The minimum Gasteiger partial charge on any atom is -0.207 e. The molecule has 0 aliphatic heterocycles. The summed E-state index contributed by atoms with van der Waals surface area (Å²) in [6.45, 7) is 1.70. The Morgan fingerprint density at radius 3 is 2.50 bits per heavy atom. The van der Waals surface area contributed by atoms with Crippen molar-refractivity contribution in [3.8, 4) is 0 Å². The van der Waals surface area contributed by atoms with Crippen LogP contribution < -0.4 is 0 Å². The highest BCUT2D eigenvalue weighted by molar-refractivity contribution is 5.21. The molecule has 0 amide bonds. The highest BCUT2D eigenvalue weighted by Crippen LogP contribution is 2.15. The monoisotopic (exact) mass is 173 g/mol. The summed E-state index contributed by atoms with van der Waals surface area (Å²) in [5, 5.41) is 0. The minimum atomic E-state index is -1.13. The topological polar surface area (TPSA) is 0 Å². The molecular weight excluding hydrogens is 165 g/mol. The van der Waals surface area contributed by atoms with Gasteiger partial charge < -0.3 is 0 Å². The molecule has 0 aromatic heterocycles. The number of rotatable bonds is 2. The van der Waals surface area contributed by atoms with Crippen LogP contribution in [-0.4, -0.2) is 0 Å². The SMILES string of the molecule is C[CH]Cc1cc(F)cc(F)c1F. The zero-order valence-electron chi connectivity index (χ0n) is 6.57. The lowest BCUT2D eigenvalue weighted by atomic mass is 10.1. The first-order valence-electron chi connectivity index (χ1n) is 3.56. The third-order valence-electron chi connectivity index (χ3n) is 1.49. The summed E-state index contributed by atoms with van der Waals surface area (Å²) in [6, 6.07) is 1.53. The van der Waals surface area contributed by atoms with Crippen molar-refractivity contribution in [1.82, 2.24) is 0 Å². The van der Waals surface area contributed by atoms with Crippen LogP contribution in [0.1, 0.15) is 12.5 Å². The van der Waals surface area contributed by atoms with Crippen molar-refractivity contribution in [2.45, 2.75) is 13.3 Å². The molecule has 0 N–H and O–H groups in total. The molecule has 0 aliphatic carbocycles. The molecule has 65 valence electrons. The predicted molar refractivity (Wildman–Crippen MR) is 40.0 cm³/mol. The van der Waals surface area contributed by atoms with E-state index < -0.39 is 17.5 Å². The maximum atomic E-state index is 12.8. The van der Waals surface area contributed by atoms with E-state index in [-0.39, 0.29) is 12.0 Å². The lowest BCUT2D eigenvalue weighted by Gasteiger charge is -2.01. The van der Waals surface area contributed by atoms with E-state index in [1.54, 1.807) is 13.3 Å². The van der Waals surface area contributed by atoms with Crippen molar-refractivity contribution in [2.24, 2.45) is 0 Å². The molecular formula is C9H8F3. The third-order valence-corrected chi connectivity index (χ3v) is 1.49. The Balaban J connectivity index is 3.09. The van der Waals surface area contributed by atoms with E-state index >= 15 is 0 Å². The molecule has 0 fully saturated rings. The number of benzene rings is 1. The van der Waals surface area contributed by atoms with Gasteiger partial charge in [-0.3, -0.25) is 0 Å². The van der Waals surface area contributed by atoms with Gasteiger partial charge in [-0.05, 0) is 24.5 Å². The zero-order chi connectivity index (χ0) is 9.14. The number of halogens is 3. The smallest absolute Gasteiger partial charge is 0.162 e. The Labute approximate surface area is 69.0 Å². The molecule has 0 saturated heterocycles. The predicted octanol–water partition coefficient (Wildman–Crippen LogP) is 2.87. The molecule has 0 unspecified atom stereocenters. The molecule has 0 spiro atoms. The standard InChI is InChI=1S/C9H8F3/c1-2-3-6-4-7(10)5-8(11)9(6)12/h2,4-5H,3H2,1H3. The van der Waals surface area contributed by atoms with E-state index in [0.29, 0.717) is 6.07 Å². The van der Waals surface area contributed by atoms with Gasteiger partial charge in [0.2, 0.25) is 0 Å². The molecule has 0 heterocycles. The van der Waals surface area contributed by atoms with E-state index in [0.717, 1.165) is 6.07 Å². The Hall–Kier alpha value is -0.990. The molecule has 0 aliphatic rings. The Kier molecular flexibility index (Phi) is 2.74. The maximum absolute atomic E-state index is 12.8. The van der Waals surface area contributed by atoms with Gasteiger partial charge in [0.1, 0.15) is 5.82 Å². The van der Waals surface area contributed by atoms with Crippen LogP contribution in [0.15, 0.2) is 12.1 Å². The first-order chi connectivity index (χ1) is 5.65. The molecule has 1 radical (unpaired) electrons. The summed E-state index contributed by atoms with van der Waals surface area (Å²) < 4.78 is 37.9. The van der Waals surface area contributed by atoms with Gasteiger partial charge in [-0.2, -0.15) is 0 Å². The Bertz CT molecular complexity index is 281. The van der Waals surface area contributed by atoms with Gasteiger partial charge in [-0.25, -0.2) is 13.2 Å². The normalized spacial score (nSPS) is 10.3. The van der Waals surface area contributed by atoms with Crippen molar-refractivity contribution >= 4 is 0 Å². The zero-order valence-corrected chi connectivity index (χ0v) is 6.57. The van der Waals surface area contributed by atoms with Crippen molar-refractivity contribution in [3.63, 3.8) is 0 Å². The van der Waals surface area contributed by atoms with E-state index in [1.165, 1.54) is 0 Å². The lowest BCUT2D eigenvalue weighted by Crippen LogP contribution is -1.95. The summed E-state index contributed by atoms with van der Waals surface area (Å²) in [7, 11) is 0. The van der Waals surface area contributed by atoms with Crippen LogP contribution in [0.3, 0.4) is 0 Å². The summed E-state index contributed by atoms with van der Waals surface area (Å²) in [4.78, 5) is 0. The molecule has 0 nitrogen and oxygen atoms in total. The fourth-order valence-corrected chi connectivity index (χ4v) is 0.978. The number of hydrogen-bond donors (Lipinski definition) is 0. The fraction of sp³-hybridized carbons (Fsp3) is 0.222. The molecule has 1 aromatic rings. The van der Waals surface area contributed by atoms with Crippen molar-refractivity contribution < 1.29 is 13.2 Å². The molecule has 12 heavy (non-hydrogen) atoms. The van der Waals surface area contributed by atoms with Crippen molar-refractivity contribution in [3.05, 3.63) is 41.6 Å². The number of hydrogen-bond acceptors (Lipinski definition) is 0. The second-order valence-electron chi connectivity index (χ2n) is 2.47. The van der Waals surface area contributed by atoms with Crippen LogP contribution >= 0.6 is 0 Å². The largest absolute Gasteiger partial charge is 0.207 e. The first kappa shape index (κ1) is 9.10. The highest BCUT2D eigenvalue weighted by Gasteiger charge is 2.09. The minimum absolute atomic E-state index is 0.0509. The van der Waals surface area contributed by atoms with E-state index in [9.17, 15) is 13.2 Å². The van der Waals surface area contributed by atoms with Crippen LogP contribution in [0, 0.1) is 23.9 Å². The summed E-state index contributed by atoms with van der Waals surface area (Å²) in [6.07, 6.45) is 1.87. The molecule has 3 heteroatoms. The van der Waals surface area contributed by atoms with Gasteiger partial charge in [-0.1, -0.05) is 6.92 Å². The van der Waals surface area contributed by atoms with Crippen molar-refractivity contribution in [2.75, 3.05) is 0 Å². The second-order valence-corrected chi connectivity index (χ2v) is 2.47. The molecule has 1 rings (SSSR count). The molecule has 0 atom stereocenters. The molecule has 0 saturated carbocycles. The average molecular weight is 173 g/mol. The van der Waals surface area contributed by atoms with Gasteiger partial charge >= 0.3 is 0 Å². The molecule has 0 bridgehead atoms. The first-order valence-corrected chi connectivity index (χ1v) is 3.56. The van der Waals surface area contributed by atoms with Gasteiger partial charge in [0.05, 0.1) is 0 Å². The third kappa shape index (κ3) is 1.78. The van der Waals surface area contributed by atoms with Crippen LogP contribution in [0.25, 0.3) is 0 Å². The summed E-state index contributed by atoms with van der Waals surface area (Å²) >= 11 is 0. The van der Waals surface area contributed by atoms with Crippen LogP contribution in [0.2, 0.25) is 0 Å². The summed E-state index contributed by atoms with van der Waals surface area (Å²) in [5.74, 6) is -2.84. The van der Waals surface area contributed by atoms with Crippen LogP contribution in [0.5, 0.6) is 0 Å². The van der Waals surface area contributed by atoms with E-state index in [1.807, 2.05) is 0 Å². The van der Waals surface area contributed by atoms with Gasteiger partial charge in [0.15, 0.2) is 11.6 Å². The van der Waals surface area contributed by atoms with Crippen molar-refractivity contribution in [1.29, 1.82) is 0 Å². The van der Waals surface area contributed by atoms with Gasteiger partial charge in [-0.15, -0.1) is 0 Å². The molecule has 1 aromatic carbocycles. The fourth-order valence-electron chi connectivity index (χ4n) is 0.978. The van der Waals surface area contributed by atoms with E-state index in [4.69, 9.17) is 0 Å². The Morgan fingerprint density at radius 2 is 1.92 bits per heavy atom. The second kappa shape index (κ2) is 3.61. The van der Waals surface area contributed by atoms with Crippen LogP contribution in [-0.2, 0) is 6.42 Å². The maximum Gasteiger partial charge on any atom is 0.162 e. The highest BCUT2D eigenvalue weighted by atomic mass is 19.2. The van der Waals surface area contributed by atoms with Gasteiger partial charge in [0.25, 0.3) is 0 Å².